The van der Waals surface area contributed by atoms with Crippen LogP contribution < -0.4 is 20.9 Å². The van der Waals surface area contributed by atoms with Gasteiger partial charge in [0.15, 0.2) is 0 Å². The maximum Gasteiger partial charge on any atom is 0.337 e. The third kappa shape index (κ3) is 4.91. The number of pyridine rings is 2. The Kier molecular flexibility index (Phi) is 6.61. The summed E-state index contributed by atoms with van der Waals surface area (Å²) in [5, 5.41) is 7.39. The lowest BCUT2D eigenvalue weighted by atomic mass is 10.0. The molecule has 0 unspecified atom stereocenters. The van der Waals surface area contributed by atoms with Gasteiger partial charge in [0, 0.05) is 13.1 Å². The Morgan fingerprint density at radius 3 is 2.73 bits per heavy atom. The number of hydrogen-bond acceptors (Lipinski definition) is 6. The molecule has 0 fully saturated rings. The number of halogens is 1. The average Bonchev–Trinajstić information content (AvgIpc) is 2.97. The lowest BCUT2D eigenvalue weighted by Gasteiger charge is -2.14. The molecule has 0 aromatic carbocycles. The van der Waals surface area contributed by atoms with Crippen molar-refractivity contribution in [3.8, 4) is 5.88 Å². The zero-order valence-electron chi connectivity index (χ0n) is 17.7. The number of carbonyl (C=O) groups is 1. The van der Waals surface area contributed by atoms with Gasteiger partial charge in [0.05, 0.1) is 23.5 Å². The standard InChI is InChI=1S/C20H26ClN7O2/c1-6-7-30-17-9-13(8-15(21)23-17)22-20(29)26-25-16-10-14(11(2)3)19-18(24-16)12(4)27-28(19)5/h8-11H,6-7H2,1-5H3,(H,24,25)(H2,22,23,26,29). The molecule has 9 nitrogen and oxygen atoms in total. The number of amides is 2. The first-order chi connectivity index (χ1) is 14.3. The first-order valence-electron chi connectivity index (χ1n) is 9.76. The van der Waals surface area contributed by atoms with Gasteiger partial charge < -0.3 is 10.1 Å². The predicted octanol–water partition coefficient (Wildman–Crippen LogP) is 4.39. The first kappa shape index (κ1) is 21.6. The Bertz CT molecular complexity index is 1060. The second-order valence-electron chi connectivity index (χ2n) is 7.23. The zero-order chi connectivity index (χ0) is 21.8. The molecule has 3 aromatic heterocycles. The quantitative estimate of drug-likeness (QED) is 0.378. The Labute approximate surface area is 180 Å². The third-order valence-electron chi connectivity index (χ3n) is 4.40. The van der Waals surface area contributed by atoms with E-state index in [9.17, 15) is 4.79 Å². The molecule has 2 amide bonds. The number of hydrazine groups is 1. The normalized spacial score (nSPS) is 11.0. The lowest BCUT2D eigenvalue weighted by Crippen LogP contribution is -2.34. The largest absolute Gasteiger partial charge is 0.478 e. The van der Waals surface area contributed by atoms with Crippen LogP contribution in [-0.2, 0) is 7.05 Å². The first-order valence-corrected chi connectivity index (χ1v) is 10.1. The Morgan fingerprint density at radius 2 is 2.03 bits per heavy atom. The number of nitrogens with one attached hydrogen (secondary N) is 3. The van der Waals surface area contributed by atoms with E-state index in [1.807, 2.05) is 31.6 Å². The van der Waals surface area contributed by atoms with Crippen LogP contribution in [0.5, 0.6) is 5.88 Å². The number of aromatic nitrogens is 4. The van der Waals surface area contributed by atoms with Gasteiger partial charge in [-0.25, -0.2) is 14.8 Å². The summed E-state index contributed by atoms with van der Waals surface area (Å²) in [5.41, 5.74) is 9.63. The van der Waals surface area contributed by atoms with Gasteiger partial charge in [0.1, 0.15) is 16.5 Å². The number of fused-ring (bicyclic) bond motifs is 1. The van der Waals surface area contributed by atoms with Crippen LogP contribution in [0.15, 0.2) is 18.2 Å². The SMILES string of the molecule is CCCOc1cc(NC(=O)NNc2cc(C(C)C)c3c(n2)c(C)nn3C)cc(Cl)n1. The van der Waals surface area contributed by atoms with E-state index < -0.39 is 6.03 Å². The van der Waals surface area contributed by atoms with Crippen LogP contribution in [-0.4, -0.2) is 32.4 Å². The van der Waals surface area contributed by atoms with Crippen molar-refractivity contribution in [3.05, 3.63) is 34.6 Å². The van der Waals surface area contributed by atoms with Crippen molar-refractivity contribution in [2.45, 2.75) is 40.0 Å². The van der Waals surface area contributed by atoms with Crippen LogP contribution >= 0.6 is 11.6 Å². The third-order valence-corrected chi connectivity index (χ3v) is 4.59. The number of ether oxygens (including phenoxy) is 1. The maximum atomic E-state index is 12.3. The molecule has 30 heavy (non-hydrogen) atoms. The number of nitrogens with zero attached hydrogens (tertiary/aromatic N) is 4. The van der Waals surface area contributed by atoms with Gasteiger partial charge in [-0.05, 0) is 37.0 Å². The van der Waals surface area contributed by atoms with Crippen molar-refractivity contribution in [3.63, 3.8) is 0 Å². The highest BCUT2D eigenvalue weighted by Crippen LogP contribution is 2.28. The predicted molar refractivity (Wildman–Crippen MR) is 118 cm³/mol. The van der Waals surface area contributed by atoms with Crippen LogP contribution in [0, 0.1) is 6.92 Å². The molecule has 0 spiro atoms. The van der Waals surface area contributed by atoms with Crippen LogP contribution in [0.3, 0.4) is 0 Å². The molecular formula is C20H26ClN7O2. The highest BCUT2D eigenvalue weighted by Gasteiger charge is 2.16. The molecule has 0 aliphatic heterocycles. The fourth-order valence-corrected chi connectivity index (χ4v) is 3.29. The number of rotatable bonds is 7. The van der Waals surface area contributed by atoms with Gasteiger partial charge in [0.25, 0.3) is 0 Å². The fraction of sp³-hybridized carbons (Fsp3) is 0.400. The molecule has 0 atom stereocenters. The molecule has 3 N–H and O–H groups in total. The summed E-state index contributed by atoms with van der Waals surface area (Å²) in [6.07, 6.45) is 0.841. The molecule has 0 saturated carbocycles. The number of anilines is 2. The molecule has 0 saturated heterocycles. The van der Waals surface area contributed by atoms with Gasteiger partial charge >= 0.3 is 6.03 Å². The minimum Gasteiger partial charge on any atom is -0.478 e. The number of aryl methyl sites for hydroxylation is 2. The number of urea groups is 1. The Hall–Kier alpha value is -3.07. The van der Waals surface area contributed by atoms with Gasteiger partial charge in [-0.1, -0.05) is 32.4 Å². The summed E-state index contributed by atoms with van der Waals surface area (Å²) in [6.45, 7) is 8.63. The number of hydrogen-bond donors (Lipinski definition) is 3. The molecule has 3 aromatic rings. The Morgan fingerprint density at radius 1 is 1.27 bits per heavy atom. The second-order valence-corrected chi connectivity index (χ2v) is 7.61. The Balaban J connectivity index is 1.73. The van der Waals surface area contributed by atoms with E-state index in [2.05, 4.69) is 45.1 Å². The zero-order valence-corrected chi connectivity index (χ0v) is 18.5. The molecule has 0 aliphatic carbocycles. The highest BCUT2D eigenvalue weighted by molar-refractivity contribution is 6.29. The summed E-state index contributed by atoms with van der Waals surface area (Å²) >= 11 is 6.01. The molecule has 3 heterocycles. The monoisotopic (exact) mass is 431 g/mol. The van der Waals surface area contributed by atoms with Crippen molar-refractivity contribution >= 4 is 40.2 Å². The number of carbonyl (C=O) groups excluding carboxylic acids is 1. The maximum absolute atomic E-state index is 12.3. The molecule has 0 radical (unpaired) electrons. The molecule has 0 aliphatic rings. The average molecular weight is 432 g/mol. The van der Waals surface area contributed by atoms with Crippen molar-refractivity contribution in [2.75, 3.05) is 17.3 Å². The minimum atomic E-state index is -0.477. The van der Waals surface area contributed by atoms with E-state index in [0.29, 0.717) is 24.0 Å². The summed E-state index contributed by atoms with van der Waals surface area (Å²) in [7, 11) is 1.90. The summed E-state index contributed by atoms with van der Waals surface area (Å²) in [4.78, 5) is 21.0. The van der Waals surface area contributed by atoms with Gasteiger partial charge in [0.2, 0.25) is 5.88 Å². The molecule has 0 bridgehead atoms. The van der Waals surface area contributed by atoms with E-state index >= 15 is 0 Å². The summed E-state index contributed by atoms with van der Waals surface area (Å²) in [6, 6.07) is 4.59. The molecule has 160 valence electrons. The second kappa shape index (κ2) is 9.17. The molecular weight excluding hydrogens is 406 g/mol. The van der Waals surface area contributed by atoms with E-state index in [1.54, 1.807) is 12.1 Å². The van der Waals surface area contributed by atoms with Crippen molar-refractivity contribution in [1.29, 1.82) is 0 Å². The van der Waals surface area contributed by atoms with Crippen molar-refractivity contribution < 1.29 is 9.53 Å². The molecule has 3 rings (SSSR count). The minimum absolute atomic E-state index is 0.229. The topological polar surface area (TPSA) is 106 Å². The van der Waals surface area contributed by atoms with E-state index in [4.69, 9.17) is 16.3 Å². The van der Waals surface area contributed by atoms with E-state index in [-0.39, 0.29) is 11.1 Å². The molecule has 10 heteroatoms. The lowest BCUT2D eigenvalue weighted by molar-refractivity contribution is 0.254. The van der Waals surface area contributed by atoms with Gasteiger partial charge in [-0.3, -0.25) is 15.5 Å². The van der Waals surface area contributed by atoms with Crippen LogP contribution in [0.25, 0.3) is 11.0 Å². The highest BCUT2D eigenvalue weighted by atomic mass is 35.5. The van der Waals surface area contributed by atoms with E-state index in [0.717, 1.165) is 28.7 Å². The summed E-state index contributed by atoms with van der Waals surface area (Å²) < 4.78 is 7.31. The van der Waals surface area contributed by atoms with Crippen LogP contribution in [0.4, 0.5) is 16.3 Å². The van der Waals surface area contributed by atoms with Gasteiger partial charge in [-0.2, -0.15) is 5.10 Å². The van der Waals surface area contributed by atoms with Crippen LogP contribution in [0.2, 0.25) is 5.15 Å². The fourth-order valence-electron chi connectivity index (χ4n) is 3.09. The summed E-state index contributed by atoms with van der Waals surface area (Å²) in [5.74, 6) is 1.14. The smallest absolute Gasteiger partial charge is 0.337 e. The van der Waals surface area contributed by atoms with E-state index in [1.165, 1.54) is 0 Å². The van der Waals surface area contributed by atoms with Crippen LogP contribution in [0.1, 0.15) is 44.4 Å². The van der Waals surface area contributed by atoms with Crippen molar-refractivity contribution in [1.82, 2.24) is 25.2 Å². The van der Waals surface area contributed by atoms with Crippen molar-refractivity contribution in [2.24, 2.45) is 7.05 Å². The van der Waals surface area contributed by atoms with Gasteiger partial charge in [-0.15, -0.1) is 0 Å².